The van der Waals surface area contributed by atoms with Crippen molar-refractivity contribution in [3.05, 3.63) is 83.3 Å². The van der Waals surface area contributed by atoms with Crippen molar-refractivity contribution in [3.63, 3.8) is 0 Å². The second kappa shape index (κ2) is 9.36. The molecule has 0 aliphatic carbocycles. The Balaban J connectivity index is 1.48. The Hall–Kier alpha value is -3.45. The highest BCUT2D eigenvalue weighted by molar-refractivity contribution is 7.07. The third-order valence-corrected chi connectivity index (χ3v) is 6.45. The maximum absolute atomic E-state index is 12.9. The second-order valence-corrected chi connectivity index (χ2v) is 8.65. The topological polar surface area (TPSA) is 71.9 Å². The predicted octanol–water partition coefficient (Wildman–Crippen LogP) is 4.61. The van der Waals surface area contributed by atoms with Crippen LogP contribution in [0.5, 0.6) is 0 Å². The Morgan fingerprint density at radius 3 is 2.69 bits per heavy atom. The molecule has 1 atom stereocenters. The first-order chi connectivity index (χ1) is 15.8. The first kappa shape index (κ1) is 20.5. The standard InChI is InChI=1S/C25H23N5OS/c31-23(13-21-16-32-17-28-21)30-12-4-7-20(15-30)24-22(18-5-2-1-3-6-18)14-27-25(29-24)19-8-10-26-11-9-19/h1-3,5-6,8-11,14,16-17,20H,4,7,12-13,15H2/t20-/m1/s1. The van der Waals surface area contributed by atoms with Gasteiger partial charge in [-0.05, 0) is 30.5 Å². The van der Waals surface area contributed by atoms with Crippen LogP contribution in [0.15, 0.2) is 71.9 Å². The van der Waals surface area contributed by atoms with Crippen LogP contribution in [0.2, 0.25) is 0 Å². The van der Waals surface area contributed by atoms with E-state index in [0.29, 0.717) is 18.8 Å². The van der Waals surface area contributed by atoms with Gasteiger partial charge in [0, 0.05) is 54.1 Å². The summed E-state index contributed by atoms with van der Waals surface area (Å²) < 4.78 is 0. The normalized spacial score (nSPS) is 16.1. The van der Waals surface area contributed by atoms with Gasteiger partial charge in [-0.15, -0.1) is 11.3 Å². The lowest BCUT2D eigenvalue weighted by molar-refractivity contribution is -0.131. The summed E-state index contributed by atoms with van der Waals surface area (Å²) in [5.74, 6) is 0.972. The molecule has 0 bridgehead atoms. The Labute approximate surface area is 191 Å². The molecule has 4 heterocycles. The number of hydrogen-bond donors (Lipinski definition) is 0. The first-order valence-corrected chi connectivity index (χ1v) is 11.7. The van der Waals surface area contributed by atoms with Crippen LogP contribution in [0.1, 0.15) is 30.1 Å². The van der Waals surface area contributed by atoms with Crippen LogP contribution < -0.4 is 0 Å². The molecule has 3 aromatic heterocycles. The van der Waals surface area contributed by atoms with E-state index in [4.69, 9.17) is 4.98 Å². The maximum atomic E-state index is 12.9. The summed E-state index contributed by atoms with van der Waals surface area (Å²) in [5, 5.41) is 1.94. The van der Waals surface area contributed by atoms with Crippen LogP contribution in [-0.4, -0.2) is 43.8 Å². The summed E-state index contributed by atoms with van der Waals surface area (Å²) in [6.07, 6.45) is 7.73. The smallest absolute Gasteiger partial charge is 0.228 e. The largest absolute Gasteiger partial charge is 0.342 e. The van der Waals surface area contributed by atoms with Gasteiger partial charge in [0.15, 0.2) is 5.82 Å². The highest BCUT2D eigenvalue weighted by Crippen LogP contribution is 2.34. The van der Waals surface area contributed by atoms with Gasteiger partial charge in [0.25, 0.3) is 0 Å². The van der Waals surface area contributed by atoms with E-state index >= 15 is 0 Å². The van der Waals surface area contributed by atoms with Crippen LogP contribution in [-0.2, 0) is 11.2 Å². The molecule has 0 radical (unpaired) electrons. The molecule has 4 aromatic rings. The number of thiazole rings is 1. The van der Waals surface area contributed by atoms with Gasteiger partial charge in [-0.1, -0.05) is 30.3 Å². The Morgan fingerprint density at radius 1 is 1.06 bits per heavy atom. The molecule has 0 N–H and O–H groups in total. The van der Waals surface area contributed by atoms with Crippen molar-refractivity contribution in [2.45, 2.75) is 25.2 Å². The monoisotopic (exact) mass is 441 g/mol. The lowest BCUT2D eigenvalue weighted by Crippen LogP contribution is -2.40. The molecular weight excluding hydrogens is 418 g/mol. The van der Waals surface area contributed by atoms with E-state index in [1.807, 2.05) is 46.8 Å². The minimum absolute atomic E-state index is 0.130. The summed E-state index contributed by atoms with van der Waals surface area (Å²) in [4.78, 5) is 33.0. The lowest BCUT2D eigenvalue weighted by Gasteiger charge is -2.33. The molecule has 1 amide bonds. The number of rotatable bonds is 5. The van der Waals surface area contributed by atoms with Crippen molar-refractivity contribution in [2.24, 2.45) is 0 Å². The van der Waals surface area contributed by atoms with Crippen LogP contribution in [0.3, 0.4) is 0 Å². The summed E-state index contributed by atoms with van der Waals surface area (Å²) in [6.45, 7) is 1.44. The van der Waals surface area contributed by atoms with Crippen molar-refractivity contribution >= 4 is 17.2 Å². The molecule has 1 aliphatic heterocycles. The van der Waals surface area contributed by atoms with E-state index in [2.05, 4.69) is 27.1 Å². The fraction of sp³-hybridized carbons (Fsp3) is 0.240. The molecule has 160 valence electrons. The molecule has 0 spiro atoms. The average Bonchev–Trinajstić information content (AvgIpc) is 3.38. The van der Waals surface area contributed by atoms with Crippen LogP contribution in [0, 0.1) is 0 Å². The molecule has 1 aliphatic rings. The van der Waals surface area contributed by atoms with Crippen molar-refractivity contribution in [2.75, 3.05) is 13.1 Å². The van der Waals surface area contributed by atoms with E-state index in [-0.39, 0.29) is 11.8 Å². The van der Waals surface area contributed by atoms with Gasteiger partial charge in [-0.2, -0.15) is 0 Å². The fourth-order valence-corrected chi connectivity index (χ4v) is 4.76. The Bertz CT molecular complexity index is 1180. The fourth-order valence-electron chi connectivity index (χ4n) is 4.20. The van der Waals surface area contributed by atoms with Crippen molar-refractivity contribution in [1.82, 2.24) is 24.8 Å². The van der Waals surface area contributed by atoms with Gasteiger partial charge >= 0.3 is 0 Å². The van der Waals surface area contributed by atoms with E-state index < -0.39 is 0 Å². The molecule has 0 saturated carbocycles. The number of hydrogen-bond acceptors (Lipinski definition) is 6. The zero-order valence-electron chi connectivity index (χ0n) is 17.6. The van der Waals surface area contributed by atoms with E-state index in [0.717, 1.165) is 47.5 Å². The van der Waals surface area contributed by atoms with Crippen LogP contribution >= 0.6 is 11.3 Å². The Morgan fingerprint density at radius 2 is 1.91 bits per heavy atom. The minimum atomic E-state index is 0.130. The van der Waals surface area contributed by atoms with Gasteiger partial charge in [0.1, 0.15) is 0 Å². The summed E-state index contributed by atoms with van der Waals surface area (Å²) in [6, 6.07) is 14.1. The number of carbonyl (C=O) groups is 1. The summed E-state index contributed by atoms with van der Waals surface area (Å²) in [7, 11) is 0. The van der Waals surface area contributed by atoms with Crippen molar-refractivity contribution in [1.29, 1.82) is 0 Å². The zero-order valence-corrected chi connectivity index (χ0v) is 18.4. The first-order valence-electron chi connectivity index (χ1n) is 10.8. The molecule has 1 saturated heterocycles. The quantitative estimate of drug-likeness (QED) is 0.452. The van der Waals surface area contributed by atoms with Crippen LogP contribution in [0.4, 0.5) is 0 Å². The van der Waals surface area contributed by atoms with Gasteiger partial charge in [-0.25, -0.2) is 15.0 Å². The van der Waals surface area contributed by atoms with E-state index in [1.165, 1.54) is 11.3 Å². The SMILES string of the molecule is O=C(Cc1cscn1)N1CCC[C@@H](c2nc(-c3ccncc3)ncc2-c2ccccc2)C1. The minimum Gasteiger partial charge on any atom is -0.342 e. The van der Waals surface area contributed by atoms with E-state index in [1.54, 1.807) is 17.9 Å². The highest BCUT2D eigenvalue weighted by atomic mass is 32.1. The molecule has 5 rings (SSSR count). The van der Waals surface area contributed by atoms with Crippen molar-refractivity contribution < 1.29 is 4.79 Å². The molecule has 6 nitrogen and oxygen atoms in total. The van der Waals surface area contributed by atoms with Crippen molar-refractivity contribution in [3.8, 4) is 22.5 Å². The summed E-state index contributed by atoms with van der Waals surface area (Å²) >= 11 is 1.52. The number of aromatic nitrogens is 4. The number of pyridine rings is 1. The molecule has 32 heavy (non-hydrogen) atoms. The van der Waals surface area contributed by atoms with Gasteiger partial charge in [0.2, 0.25) is 5.91 Å². The second-order valence-electron chi connectivity index (χ2n) is 7.93. The number of amides is 1. The molecule has 1 aromatic carbocycles. The molecule has 0 unspecified atom stereocenters. The zero-order chi connectivity index (χ0) is 21.8. The maximum Gasteiger partial charge on any atom is 0.228 e. The molecule has 7 heteroatoms. The summed E-state index contributed by atoms with van der Waals surface area (Å²) in [5.41, 5.74) is 6.68. The lowest BCUT2D eigenvalue weighted by atomic mass is 9.89. The van der Waals surface area contributed by atoms with Gasteiger partial charge in [0.05, 0.1) is 23.3 Å². The number of nitrogens with zero attached hydrogens (tertiary/aromatic N) is 5. The van der Waals surface area contributed by atoms with E-state index in [9.17, 15) is 4.79 Å². The average molecular weight is 442 g/mol. The van der Waals surface area contributed by atoms with Gasteiger partial charge < -0.3 is 4.90 Å². The van der Waals surface area contributed by atoms with Crippen LogP contribution in [0.25, 0.3) is 22.5 Å². The van der Waals surface area contributed by atoms with Gasteiger partial charge in [-0.3, -0.25) is 9.78 Å². The predicted molar refractivity (Wildman–Crippen MR) is 125 cm³/mol. The number of likely N-dealkylation sites (tertiary alicyclic amines) is 1. The third kappa shape index (κ3) is 4.43. The number of benzene rings is 1. The highest BCUT2D eigenvalue weighted by Gasteiger charge is 2.28. The number of piperidine rings is 1. The number of carbonyl (C=O) groups excluding carboxylic acids is 1. The molecular formula is C25H23N5OS. The Kier molecular flexibility index (Phi) is 5.98. The molecule has 1 fully saturated rings. The third-order valence-electron chi connectivity index (χ3n) is 5.82.